The van der Waals surface area contributed by atoms with Crippen LogP contribution in [0.3, 0.4) is 0 Å². The monoisotopic (exact) mass is 739 g/mol. The molecule has 9 rings (SSSR count). The molecule has 8 aromatic rings. The number of rotatable bonds is 8. The molecule has 0 radical (unpaired) electrons. The Hall–Kier alpha value is -5.46. The van der Waals surface area contributed by atoms with Crippen molar-refractivity contribution in [1.82, 2.24) is 29.3 Å². The molecule has 1 atom stereocenters. The van der Waals surface area contributed by atoms with Crippen LogP contribution in [-0.2, 0) is 25.2 Å². The highest BCUT2D eigenvalue weighted by Crippen LogP contribution is 2.45. The SMILES string of the molecule is FC(F)(F)c1ccc2c(CCC3C[N+](c4cccc5[nH]ccc45)(c4cccc5[nH]ccc45)CCN3CCc3c[nH]c4cc(C(F)(F)F)ccc34)c[nH]c2c1. The number of alkyl halides is 6. The van der Waals surface area contributed by atoms with Crippen LogP contribution in [0.15, 0.2) is 110 Å². The van der Waals surface area contributed by atoms with Crippen molar-refractivity contribution in [2.24, 2.45) is 0 Å². The van der Waals surface area contributed by atoms with E-state index in [1.807, 2.05) is 24.8 Å². The number of halogens is 6. The smallest absolute Gasteiger partial charge is 0.361 e. The molecule has 4 aromatic heterocycles. The van der Waals surface area contributed by atoms with Gasteiger partial charge in [0, 0.05) is 71.8 Å². The number of aryl methyl sites for hydroxylation is 1. The minimum absolute atomic E-state index is 0.0450. The molecule has 12 heteroatoms. The quantitative estimate of drug-likeness (QED) is 0.0910. The zero-order valence-corrected chi connectivity index (χ0v) is 29.1. The van der Waals surface area contributed by atoms with E-state index in [1.54, 1.807) is 12.1 Å². The molecule has 1 saturated heterocycles. The first-order chi connectivity index (χ1) is 26.0. The average Bonchev–Trinajstić information content (AvgIpc) is 3.98. The van der Waals surface area contributed by atoms with Crippen LogP contribution in [0.4, 0.5) is 37.7 Å². The molecule has 0 aliphatic carbocycles. The Balaban J connectivity index is 1.09. The molecular formula is C42H37F6N6+. The Morgan fingerprint density at radius 2 is 1.13 bits per heavy atom. The van der Waals surface area contributed by atoms with Gasteiger partial charge in [0.1, 0.15) is 24.5 Å². The summed E-state index contributed by atoms with van der Waals surface area (Å²) >= 11 is 0. The molecule has 0 spiro atoms. The Kier molecular flexibility index (Phi) is 8.16. The van der Waals surface area contributed by atoms with E-state index in [0.717, 1.165) is 88.0 Å². The third kappa shape index (κ3) is 5.93. The number of piperazine rings is 1. The van der Waals surface area contributed by atoms with Gasteiger partial charge in [-0.15, -0.1) is 0 Å². The number of quaternary nitrogens is 1. The fourth-order valence-corrected chi connectivity index (χ4v) is 8.79. The molecule has 6 nitrogen and oxygen atoms in total. The highest BCUT2D eigenvalue weighted by molar-refractivity contribution is 5.98. The van der Waals surface area contributed by atoms with Crippen LogP contribution in [0.25, 0.3) is 43.6 Å². The minimum atomic E-state index is -4.43. The van der Waals surface area contributed by atoms with Crippen LogP contribution in [0, 0.1) is 0 Å². The molecule has 1 aliphatic rings. The summed E-state index contributed by atoms with van der Waals surface area (Å²) in [5.74, 6) is 0. The van der Waals surface area contributed by atoms with Crippen molar-refractivity contribution in [3.8, 4) is 0 Å². The molecule has 0 saturated carbocycles. The van der Waals surface area contributed by atoms with Gasteiger partial charge in [0.2, 0.25) is 0 Å². The van der Waals surface area contributed by atoms with Crippen molar-refractivity contribution >= 4 is 55.0 Å². The number of H-pyrrole nitrogens is 4. The highest BCUT2D eigenvalue weighted by atomic mass is 19.4. The van der Waals surface area contributed by atoms with Crippen molar-refractivity contribution in [2.75, 3.05) is 26.2 Å². The average molecular weight is 740 g/mol. The minimum Gasteiger partial charge on any atom is -0.361 e. The maximum atomic E-state index is 13.5. The fourth-order valence-electron chi connectivity index (χ4n) is 8.79. The molecule has 1 fully saturated rings. The van der Waals surface area contributed by atoms with Crippen LogP contribution in [0.1, 0.15) is 28.7 Å². The van der Waals surface area contributed by atoms with Gasteiger partial charge in [-0.3, -0.25) is 9.38 Å². The molecule has 4 aromatic carbocycles. The largest absolute Gasteiger partial charge is 0.416 e. The van der Waals surface area contributed by atoms with Crippen molar-refractivity contribution in [2.45, 2.75) is 37.7 Å². The van der Waals surface area contributed by atoms with Gasteiger partial charge in [0.25, 0.3) is 0 Å². The van der Waals surface area contributed by atoms with Crippen LogP contribution >= 0.6 is 0 Å². The summed E-state index contributed by atoms with van der Waals surface area (Å²) in [7, 11) is 0. The van der Waals surface area contributed by atoms with E-state index in [9.17, 15) is 26.3 Å². The summed E-state index contributed by atoms with van der Waals surface area (Å²) in [5, 5.41) is 3.84. The molecule has 54 heavy (non-hydrogen) atoms. The lowest BCUT2D eigenvalue weighted by Crippen LogP contribution is -2.62. The van der Waals surface area contributed by atoms with Gasteiger partial charge in [0.05, 0.1) is 39.0 Å². The number of nitrogens with one attached hydrogen (secondary N) is 4. The number of fused-ring (bicyclic) bond motifs is 4. The topological polar surface area (TPSA) is 66.4 Å². The molecule has 0 amide bonds. The number of aromatic nitrogens is 4. The summed E-state index contributed by atoms with van der Waals surface area (Å²) in [6, 6.07) is 24.8. The zero-order valence-electron chi connectivity index (χ0n) is 29.1. The van der Waals surface area contributed by atoms with Gasteiger partial charge in [-0.05, 0) is 78.9 Å². The molecule has 276 valence electrons. The maximum Gasteiger partial charge on any atom is 0.416 e. The van der Waals surface area contributed by atoms with Gasteiger partial charge >= 0.3 is 12.4 Å². The Bertz CT molecular complexity index is 2550. The Labute approximate surface area is 306 Å². The first-order valence-electron chi connectivity index (χ1n) is 18.1. The lowest BCUT2D eigenvalue weighted by Gasteiger charge is -2.48. The van der Waals surface area contributed by atoms with Crippen LogP contribution in [0.2, 0.25) is 0 Å². The van der Waals surface area contributed by atoms with Gasteiger partial charge in [0.15, 0.2) is 0 Å². The lowest BCUT2D eigenvalue weighted by molar-refractivity contribution is -0.138. The molecular weight excluding hydrogens is 702 g/mol. The van der Waals surface area contributed by atoms with Crippen molar-refractivity contribution in [1.29, 1.82) is 0 Å². The normalized spacial score (nSPS) is 17.0. The van der Waals surface area contributed by atoms with E-state index < -0.39 is 23.5 Å². The highest BCUT2D eigenvalue weighted by Gasteiger charge is 2.44. The number of hydrogen-bond donors (Lipinski definition) is 4. The van der Waals surface area contributed by atoms with E-state index in [-0.39, 0.29) is 6.04 Å². The van der Waals surface area contributed by atoms with E-state index in [4.69, 9.17) is 0 Å². The molecule has 0 bridgehead atoms. The zero-order chi connectivity index (χ0) is 37.2. The van der Waals surface area contributed by atoms with Crippen LogP contribution in [-0.4, -0.2) is 57.1 Å². The van der Waals surface area contributed by atoms with Crippen molar-refractivity contribution in [3.05, 3.63) is 132 Å². The summed E-state index contributed by atoms with van der Waals surface area (Å²) in [6.45, 7) is 2.94. The number of benzene rings is 4. The molecule has 5 heterocycles. The van der Waals surface area contributed by atoms with Gasteiger partial charge in [-0.2, -0.15) is 26.3 Å². The maximum absolute atomic E-state index is 13.5. The summed E-state index contributed by atoms with van der Waals surface area (Å²) in [5.41, 5.74) is 5.94. The summed E-state index contributed by atoms with van der Waals surface area (Å²) in [4.78, 5) is 15.4. The molecule has 4 N–H and O–H groups in total. The standard InChI is InChI=1S/C42H37F6N6/c43-41(44,45)28-8-11-31-26(23-51-37(31)21-28)7-10-30-25-54(39-5-1-3-35-33(39)13-16-49-35,40-6-2-4-36-34(40)14-17-50-36)20-19-53(30)18-15-27-24-52-38-22-29(42(46,47)48)9-12-32(27)38/h1-6,8-9,11-14,16-17,21-24,30,49-52H,7,10,15,18-20,25H2/q+1. The Morgan fingerprint density at radius 3 is 1.67 bits per heavy atom. The summed E-state index contributed by atoms with van der Waals surface area (Å²) in [6.07, 6.45) is 0.727. The third-order valence-electron chi connectivity index (χ3n) is 11.5. The molecule has 1 aliphatic heterocycles. The van der Waals surface area contributed by atoms with Gasteiger partial charge in [-0.25, -0.2) is 0 Å². The summed E-state index contributed by atoms with van der Waals surface area (Å²) < 4.78 is 81.5. The predicted molar refractivity (Wildman–Crippen MR) is 202 cm³/mol. The Morgan fingerprint density at radius 1 is 0.593 bits per heavy atom. The fraction of sp³-hybridized carbons (Fsp3) is 0.238. The van der Waals surface area contributed by atoms with Crippen molar-refractivity contribution < 1.29 is 26.3 Å². The van der Waals surface area contributed by atoms with E-state index >= 15 is 0 Å². The third-order valence-corrected chi connectivity index (χ3v) is 11.5. The first-order valence-corrected chi connectivity index (χ1v) is 18.1. The lowest BCUT2D eigenvalue weighted by atomic mass is 9.96. The predicted octanol–water partition coefficient (Wildman–Crippen LogP) is 10.8. The van der Waals surface area contributed by atoms with E-state index in [2.05, 4.69) is 73.4 Å². The number of nitrogens with zero attached hydrogens (tertiary/aromatic N) is 2. The second-order valence-electron chi connectivity index (χ2n) is 14.4. The van der Waals surface area contributed by atoms with Crippen LogP contribution < -0.4 is 4.48 Å². The second kappa shape index (κ2) is 12.8. The van der Waals surface area contributed by atoms with E-state index in [1.165, 1.54) is 17.4 Å². The van der Waals surface area contributed by atoms with E-state index in [0.29, 0.717) is 34.9 Å². The van der Waals surface area contributed by atoms with Crippen LogP contribution in [0.5, 0.6) is 0 Å². The van der Waals surface area contributed by atoms with Gasteiger partial charge < -0.3 is 19.9 Å². The number of aromatic amines is 4. The number of hydrogen-bond acceptors (Lipinski definition) is 1. The van der Waals surface area contributed by atoms with Crippen molar-refractivity contribution in [3.63, 3.8) is 0 Å². The molecule has 1 unspecified atom stereocenters. The van der Waals surface area contributed by atoms with Gasteiger partial charge in [-0.1, -0.05) is 24.3 Å². The first kappa shape index (κ1) is 34.3. The second-order valence-corrected chi connectivity index (χ2v) is 14.4.